The SMILES string of the molecule is O.O=S(=O)([O-])c1ccccc1S(=O)(=O)[O-].[K+].[K+]. The van der Waals surface area contributed by atoms with E-state index in [0.717, 1.165) is 24.3 Å². The van der Waals surface area contributed by atoms with Gasteiger partial charge in [-0.05, 0) is 12.1 Å². The Kier molecular flexibility index (Phi) is 13.2. The summed E-state index contributed by atoms with van der Waals surface area (Å²) >= 11 is 0. The van der Waals surface area contributed by atoms with Crippen molar-refractivity contribution in [1.82, 2.24) is 0 Å². The zero-order valence-electron chi connectivity index (χ0n) is 9.08. The Morgan fingerprint density at radius 2 is 1.00 bits per heavy atom. The Balaban J connectivity index is -0.000000653. The summed E-state index contributed by atoms with van der Waals surface area (Å²) in [5.41, 5.74) is 0. The fourth-order valence-corrected chi connectivity index (χ4v) is 2.59. The molecule has 0 aliphatic rings. The third-order valence-electron chi connectivity index (χ3n) is 1.39. The first-order valence-electron chi connectivity index (χ1n) is 3.24. The number of benzene rings is 1. The normalized spacial score (nSPS) is 10.5. The Morgan fingerprint density at radius 3 is 1.18 bits per heavy atom. The molecule has 1 aromatic rings. The van der Waals surface area contributed by atoms with E-state index in [4.69, 9.17) is 0 Å². The predicted molar refractivity (Wildman–Crippen MR) is 46.0 cm³/mol. The van der Waals surface area contributed by atoms with Gasteiger partial charge in [0.1, 0.15) is 20.2 Å². The summed E-state index contributed by atoms with van der Waals surface area (Å²) in [6.45, 7) is 0. The smallest absolute Gasteiger partial charge is 0.744 e. The van der Waals surface area contributed by atoms with Gasteiger partial charge in [0.05, 0.1) is 9.79 Å². The van der Waals surface area contributed by atoms with Crippen molar-refractivity contribution in [2.45, 2.75) is 9.79 Å². The van der Waals surface area contributed by atoms with Gasteiger partial charge in [0.2, 0.25) is 0 Å². The van der Waals surface area contributed by atoms with Crippen LogP contribution in [0.4, 0.5) is 0 Å². The van der Waals surface area contributed by atoms with E-state index >= 15 is 0 Å². The van der Waals surface area contributed by atoms with Gasteiger partial charge in [-0.15, -0.1) is 0 Å². The van der Waals surface area contributed by atoms with E-state index < -0.39 is 30.0 Å². The summed E-state index contributed by atoms with van der Waals surface area (Å²) in [6.07, 6.45) is 0. The molecule has 86 valence electrons. The van der Waals surface area contributed by atoms with Gasteiger partial charge >= 0.3 is 103 Å². The molecular weight excluding hydrogens is 326 g/mol. The molecule has 0 unspecified atom stereocenters. The third-order valence-corrected chi connectivity index (χ3v) is 3.31. The first kappa shape index (κ1) is 24.3. The van der Waals surface area contributed by atoms with Gasteiger partial charge in [-0.25, -0.2) is 16.8 Å². The molecule has 2 N–H and O–H groups in total. The van der Waals surface area contributed by atoms with E-state index in [2.05, 4.69) is 0 Å². The summed E-state index contributed by atoms with van der Waals surface area (Å²) in [6, 6.07) is 3.85. The quantitative estimate of drug-likeness (QED) is 0.388. The van der Waals surface area contributed by atoms with Gasteiger partial charge in [-0.3, -0.25) is 0 Å². The van der Waals surface area contributed by atoms with Crippen LogP contribution in [-0.2, 0) is 20.2 Å². The standard InChI is InChI=1S/C6H6O6S2.2K.H2O/c7-13(8,9)5-3-1-2-4-6(5)14(10,11)12;;;/h1-4H,(H,7,8,9)(H,10,11,12);;;1H2/q;2*+1;/p-2. The zero-order valence-corrected chi connectivity index (χ0v) is 17.0. The van der Waals surface area contributed by atoms with Crippen molar-refractivity contribution in [1.29, 1.82) is 0 Å². The first-order valence-corrected chi connectivity index (χ1v) is 6.05. The van der Waals surface area contributed by atoms with Crippen molar-refractivity contribution in [3.8, 4) is 0 Å². The topological polar surface area (TPSA) is 146 Å². The van der Waals surface area contributed by atoms with Crippen molar-refractivity contribution in [3.05, 3.63) is 24.3 Å². The van der Waals surface area contributed by atoms with Crippen molar-refractivity contribution >= 4 is 20.2 Å². The molecule has 0 spiro atoms. The van der Waals surface area contributed by atoms with Crippen LogP contribution in [0.2, 0.25) is 0 Å². The fraction of sp³-hybridized carbons (Fsp3) is 0. The molecule has 1 aromatic carbocycles. The molecule has 7 nitrogen and oxygen atoms in total. The molecule has 0 fully saturated rings. The Bertz CT molecular complexity index is 500. The fourth-order valence-electron chi connectivity index (χ4n) is 0.863. The molecule has 0 bridgehead atoms. The van der Waals surface area contributed by atoms with Crippen LogP contribution in [0.25, 0.3) is 0 Å². The van der Waals surface area contributed by atoms with Crippen LogP contribution in [0.15, 0.2) is 34.1 Å². The molecule has 0 aliphatic carbocycles. The Hall–Kier alpha value is 2.27. The molecule has 0 saturated carbocycles. The molecule has 0 amide bonds. The summed E-state index contributed by atoms with van der Waals surface area (Å²) < 4.78 is 63.2. The van der Waals surface area contributed by atoms with Crippen molar-refractivity contribution < 1.29 is 134 Å². The maximum Gasteiger partial charge on any atom is 1.00 e. The van der Waals surface area contributed by atoms with Gasteiger partial charge < -0.3 is 14.6 Å². The van der Waals surface area contributed by atoms with Crippen LogP contribution in [0.5, 0.6) is 0 Å². The van der Waals surface area contributed by atoms with E-state index in [-0.39, 0.29) is 108 Å². The molecule has 0 aromatic heterocycles. The largest absolute Gasteiger partial charge is 1.00 e. The minimum absolute atomic E-state index is 0. The average Bonchev–Trinajstić information content (AvgIpc) is 2.01. The maximum atomic E-state index is 10.5. The van der Waals surface area contributed by atoms with Gasteiger partial charge in [0.25, 0.3) is 0 Å². The summed E-state index contributed by atoms with van der Waals surface area (Å²) in [7, 11) is -9.89. The molecular formula is C6H6K2O7S2. The first-order chi connectivity index (χ1) is 6.23. The second-order valence-corrected chi connectivity index (χ2v) is 5.05. The maximum absolute atomic E-state index is 10.5. The van der Waals surface area contributed by atoms with E-state index in [1.165, 1.54) is 0 Å². The minimum atomic E-state index is -4.95. The predicted octanol–water partition coefficient (Wildman–Crippen LogP) is -7.32. The summed E-state index contributed by atoms with van der Waals surface area (Å²) in [4.78, 5) is -2.04. The second-order valence-electron chi connectivity index (χ2n) is 2.35. The van der Waals surface area contributed by atoms with Crippen molar-refractivity contribution in [3.63, 3.8) is 0 Å². The minimum Gasteiger partial charge on any atom is -0.744 e. The van der Waals surface area contributed by atoms with E-state index in [1.54, 1.807) is 0 Å². The van der Waals surface area contributed by atoms with Crippen LogP contribution >= 0.6 is 0 Å². The molecule has 1 rings (SSSR count). The van der Waals surface area contributed by atoms with Gasteiger partial charge in [-0.2, -0.15) is 0 Å². The zero-order chi connectivity index (χ0) is 11.0. The molecule has 0 heterocycles. The molecule has 11 heteroatoms. The van der Waals surface area contributed by atoms with Crippen LogP contribution in [0, 0.1) is 0 Å². The third kappa shape index (κ3) is 7.58. The van der Waals surface area contributed by atoms with Gasteiger partial charge in [0, 0.05) is 0 Å². The van der Waals surface area contributed by atoms with E-state index in [9.17, 15) is 25.9 Å². The van der Waals surface area contributed by atoms with E-state index in [1.807, 2.05) is 0 Å². The summed E-state index contributed by atoms with van der Waals surface area (Å²) in [5, 5.41) is 0. The average molecular weight is 332 g/mol. The van der Waals surface area contributed by atoms with Crippen molar-refractivity contribution in [2.24, 2.45) is 0 Å². The number of rotatable bonds is 2. The summed E-state index contributed by atoms with van der Waals surface area (Å²) in [5.74, 6) is 0. The molecule has 0 aliphatic heterocycles. The van der Waals surface area contributed by atoms with Crippen LogP contribution in [-0.4, -0.2) is 31.4 Å². The molecule has 17 heavy (non-hydrogen) atoms. The van der Waals surface area contributed by atoms with Crippen LogP contribution < -0.4 is 103 Å². The Labute approximate surface area is 184 Å². The van der Waals surface area contributed by atoms with Crippen molar-refractivity contribution in [2.75, 3.05) is 0 Å². The van der Waals surface area contributed by atoms with Crippen LogP contribution in [0.1, 0.15) is 0 Å². The second kappa shape index (κ2) is 9.25. The van der Waals surface area contributed by atoms with Crippen LogP contribution in [0.3, 0.4) is 0 Å². The number of hydrogen-bond donors (Lipinski definition) is 0. The van der Waals surface area contributed by atoms with Gasteiger partial charge in [-0.1, -0.05) is 12.1 Å². The number of hydrogen-bond acceptors (Lipinski definition) is 6. The Morgan fingerprint density at radius 1 is 0.765 bits per heavy atom. The van der Waals surface area contributed by atoms with Gasteiger partial charge in [0.15, 0.2) is 0 Å². The molecule has 0 saturated heterocycles. The molecule has 0 atom stereocenters. The van der Waals surface area contributed by atoms with E-state index in [0.29, 0.717) is 0 Å². The molecule has 0 radical (unpaired) electrons. The monoisotopic (exact) mass is 332 g/mol.